The Balaban J connectivity index is 0.984. The Hall–Kier alpha value is -7.15. The van der Waals surface area contributed by atoms with Crippen LogP contribution in [-0.2, 0) is 0 Å². The number of thiophene rings is 1. The van der Waals surface area contributed by atoms with E-state index in [2.05, 4.69) is 120 Å². The molecule has 4 heterocycles. The van der Waals surface area contributed by atoms with Crippen LogP contribution in [0.2, 0.25) is 0 Å². The SMILES string of the molecule is c1ccc(-c2nc3ccc4oc5ccc(-c6ccc(N(c7ccc8c(c7)sc7ccccc78)c7ccc8oc9ccccc9c8c7)cc6)cc5c4c3o2)cc1. The summed E-state index contributed by atoms with van der Waals surface area (Å²) in [7, 11) is 0. The fraction of sp³-hybridized carbons (Fsp3) is 0. The molecule has 0 radical (unpaired) electrons. The highest BCUT2D eigenvalue weighted by molar-refractivity contribution is 7.25. The monoisotopic (exact) mass is 724 g/mol. The lowest BCUT2D eigenvalue weighted by Gasteiger charge is -2.26. The summed E-state index contributed by atoms with van der Waals surface area (Å²) >= 11 is 1.83. The zero-order valence-corrected chi connectivity index (χ0v) is 30.0. The summed E-state index contributed by atoms with van der Waals surface area (Å²) in [6, 6.07) is 59.3. The normalized spacial score (nSPS) is 12.0. The van der Waals surface area contributed by atoms with Gasteiger partial charge in [-0.1, -0.05) is 78.9 Å². The fourth-order valence-corrected chi connectivity index (χ4v) is 9.23. The van der Waals surface area contributed by atoms with E-state index in [4.69, 9.17) is 18.2 Å². The second-order valence-electron chi connectivity index (χ2n) is 13.9. The van der Waals surface area contributed by atoms with Gasteiger partial charge in [-0.05, 0) is 102 Å². The molecule has 5 nitrogen and oxygen atoms in total. The van der Waals surface area contributed by atoms with E-state index in [0.717, 1.165) is 88.7 Å². The van der Waals surface area contributed by atoms with Gasteiger partial charge in [0.15, 0.2) is 5.58 Å². The van der Waals surface area contributed by atoms with E-state index in [0.29, 0.717) is 5.89 Å². The van der Waals surface area contributed by atoms with Gasteiger partial charge in [0.05, 0.1) is 5.39 Å². The number of aromatic nitrogens is 1. The van der Waals surface area contributed by atoms with E-state index in [-0.39, 0.29) is 0 Å². The van der Waals surface area contributed by atoms with Gasteiger partial charge in [-0.15, -0.1) is 11.3 Å². The molecule has 8 aromatic carbocycles. The van der Waals surface area contributed by atoms with Gasteiger partial charge in [-0.3, -0.25) is 0 Å². The van der Waals surface area contributed by atoms with E-state index in [1.54, 1.807) is 0 Å². The van der Waals surface area contributed by atoms with Crippen LogP contribution in [0.25, 0.3) is 97.7 Å². The summed E-state index contributed by atoms with van der Waals surface area (Å²) in [6.07, 6.45) is 0. The maximum atomic E-state index is 6.41. The highest BCUT2D eigenvalue weighted by atomic mass is 32.1. The topological polar surface area (TPSA) is 55.6 Å². The van der Waals surface area contributed by atoms with Gasteiger partial charge in [-0.25, -0.2) is 4.98 Å². The number of rotatable bonds is 5. The van der Waals surface area contributed by atoms with E-state index < -0.39 is 0 Å². The van der Waals surface area contributed by atoms with Gasteiger partial charge < -0.3 is 18.2 Å². The van der Waals surface area contributed by atoms with Crippen molar-refractivity contribution in [3.63, 3.8) is 0 Å². The molecular weight excluding hydrogens is 697 g/mol. The van der Waals surface area contributed by atoms with Crippen molar-refractivity contribution in [1.29, 1.82) is 0 Å². The minimum absolute atomic E-state index is 0.598. The van der Waals surface area contributed by atoms with Crippen molar-refractivity contribution in [2.24, 2.45) is 0 Å². The molecule has 12 rings (SSSR count). The van der Waals surface area contributed by atoms with Crippen LogP contribution in [0.1, 0.15) is 0 Å². The van der Waals surface area contributed by atoms with Crippen molar-refractivity contribution >= 4 is 104 Å². The molecule has 55 heavy (non-hydrogen) atoms. The molecule has 0 saturated heterocycles. The maximum Gasteiger partial charge on any atom is 0.227 e. The van der Waals surface area contributed by atoms with E-state index in [1.807, 2.05) is 65.9 Å². The Morgan fingerprint density at radius 2 is 1.05 bits per heavy atom. The summed E-state index contributed by atoms with van der Waals surface area (Å²) in [5, 5.41) is 6.70. The second kappa shape index (κ2) is 11.7. The number of benzene rings is 8. The molecule has 6 heteroatoms. The Morgan fingerprint density at radius 3 is 1.96 bits per heavy atom. The van der Waals surface area contributed by atoms with Crippen LogP contribution < -0.4 is 4.90 Å². The predicted molar refractivity (Wildman–Crippen MR) is 227 cm³/mol. The second-order valence-corrected chi connectivity index (χ2v) is 15.0. The van der Waals surface area contributed by atoms with Crippen LogP contribution in [0.15, 0.2) is 183 Å². The minimum atomic E-state index is 0.598. The minimum Gasteiger partial charge on any atom is -0.456 e. The molecule has 0 aliphatic carbocycles. The van der Waals surface area contributed by atoms with Crippen LogP contribution in [0.5, 0.6) is 0 Å². The maximum absolute atomic E-state index is 6.41. The fourth-order valence-electron chi connectivity index (χ4n) is 8.09. The molecule has 0 fully saturated rings. The summed E-state index contributed by atoms with van der Waals surface area (Å²) in [4.78, 5) is 7.15. The lowest BCUT2D eigenvalue weighted by molar-refractivity contribution is 0.622. The Kier molecular flexibility index (Phi) is 6.44. The Bertz CT molecular complexity index is 3440. The molecule has 0 aliphatic heterocycles. The van der Waals surface area contributed by atoms with Gasteiger partial charge in [0.2, 0.25) is 5.89 Å². The molecule has 0 atom stereocenters. The van der Waals surface area contributed by atoms with Crippen molar-refractivity contribution < 1.29 is 13.3 Å². The third-order valence-corrected chi connectivity index (χ3v) is 11.8. The number of para-hydroxylation sites is 1. The van der Waals surface area contributed by atoms with Gasteiger partial charge >= 0.3 is 0 Å². The van der Waals surface area contributed by atoms with E-state index in [1.165, 1.54) is 20.2 Å². The van der Waals surface area contributed by atoms with Gasteiger partial charge in [0, 0.05) is 59.0 Å². The molecule has 4 aromatic heterocycles. The van der Waals surface area contributed by atoms with E-state index >= 15 is 0 Å². The third-order valence-electron chi connectivity index (χ3n) is 10.7. The van der Waals surface area contributed by atoms with Crippen LogP contribution in [-0.4, -0.2) is 4.98 Å². The lowest BCUT2D eigenvalue weighted by atomic mass is 10.0. The molecule has 12 aromatic rings. The van der Waals surface area contributed by atoms with Crippen molar-refractivity contribution in [3.8, 4) is 22.6 Å². The summed E-state index contributed by atoms with van der Waals surface area (Å²) in [5.41, 5.74) is 11.2. The summed E-state index contributed by atoms with van der Waals surface area (Å²) in [5.74, 6) is 0.598. The first kappa shape index (κ1) is 30.3. The summed E-state index contributed by atoms with van der Waals surface area (Å²) in [6.45, 7) is 0. The van der Waals surface area contributed by atoms with Crippen molar-refractivity contribution in [2.75, 3.05) is 4.90 Å². The average Bonchev–Trinajstić information content (AvgIpc) is 4.02. The van der Waals surface area contributed by atoms with Gasteiger partial charge in [0.25, 0.3) is 0 Å². The molecular formula is C49H28N2O3S. The summed E-state index contributed by atoms with van der Waals surface area (Å²) < 4.78 is 21.5. The van der Waals surface area contributed by atoms with Crippen molar-refractivity contribution in [1.82, 2.24) is 4.98 Å². The van der Waals surface area contributed by atoms with Gasteiger partial charge in [0.1, 0.15) is 27.8 Å². The average molecular weight is 725 g/mol. The highest BCUT2D eigenvalue weighted by Crippen LogP contribution is 2.43. The first-order chi connectivity index (χ1) is 27.2. The quantitative estimate of drug-likeness (QED) is 0.177. The number of hydrogen-bond acceptors (Lipinski definition) is 6. The number of fused-ring (bicyclic) bond motifs is 11. The lowest BCUT2D eigenvalue weighted by Crippen LogP contribution is -2.09. The molecule has 0 saturated carbocycles. The Morgan fingerprint density at radius 1 is 0.400 bits per heavy atom. The van der Waals surface area contributed by atoms with E-state index in [9.17, 15) is 0 Å². The van der Waals surface area contributed by atoms with Crippen LogP contribution in [0, 0.1) is 0 Å². The first-order valence-corrected chi connectivity index (χ1v) is 19.1. The molecule has 258 valence electrons. The standard InChI is InChI=1S/C49H28N2O3S/c1-2-8-30(9-3-1)49-50-40-22-25-44-47(48(40)54-49)39-26-31(16-23-43(39)53-44)29-14-17-32(18-15-29)51(33-20-24-42-38(27-33)35-10-4-6-12-41(35)52-42)34-19-21-37-36-11-5-7-13-45(36)55-46(37)28-34/h1-28H. The molecule has 0 N–H and O–H groups in total. The van der Waals surface area contributed by atoms with Crippen LogP contribution >= 0.6 is 11.3 Å². The Labute approximate surface area is 317 Å². The predicted octanol–water partition coefficient (Wildman–Crippen LogP) is 14.8. The number of hydrogen-bond donors (Lipinski definition) is 0. The molecule has 0 amide bonds. The first-order valence-electron chi connectivity index (χ1n) is 18.3. The van der Waals surface area contributed by atoms with Crippen LogP contribution in [0.4, 0.5) is 17.1 Å². The molecule has 0 aliphatic rings. The molecule has 0 bridgehead atoms. The third kappa shape index (κ3) is 4.75. The van der Waals surface area contributed by atoms with Crippen molar-refractivity contribution in [2.45, 2.75) is 0 Å². The van der Waals surface area contributed by atoms with Gasteiger partial charge in [-0.2, -0.15) is 0 Å². The number of oxazole rings is 1. The highest BCUT2D eigenvalue weighted by Gasteiger charge is 2.19. The molecule has 0 unspecified atom stereocenters. The number of anilines is 3. The smallest absolute Gasteiger partial charge is 0.227 e. The zero-order chi connectivity index (χ0) is 36.0. The van der Waals surface area contributed by atoms with Crippen molar-refractivity contribution in [3.05, 3.63) is 170 Å². The number of nitrogens with zero attached hydrogens (tertiary/aromatic N) is 2. The molecule has 0 spiro atoms. The van der Waals surface area contributed by atoms with Crippen LogP contribution in [0.3, 0.4) is 0 Å². The zero-order valence-electron chi connectivity index (χ0n) is 29.2. The largest absolute Gasteiger partial charge is 0.456 e. The number of furan rings is 2.